The highest BCUT2D eigenvalue weighted by Crippen LogP contribution is 2.43. The zero-order chi connectivity index (χ0) is 57.4. The first-order chi connectivity index (χ1) is 37.5. The Labute approximate surface area is 504 Å². The van der Waals surface area contributed by atoms with E-state index in [4.69, 9.17) is 24.1 Å². The van der Waals surface area contributed by atoms with Gasteiger partial charge < -0.3 is 39.3 Å². The van der Waals surface area contributed by atoms with Crippen molar-refractivity contribution in [3.63, 3.8) is 0 Å². The number of hydrogen-bond donors (Lipinski definition) is 4. The molecule has 0 aliphatic carbocycles. The first kappa shape index (κ1) is 65.9. The van der Waals surface area contributed by atoms with E-state index in [-0.39, 0.29) is 42.3 Å². The molecule has 15 heteroatoms. The summed E-state index contributed by atoms with van der Waals surface area (Å²) in [5, 5.41) is 6.38. The lowest BCUT2D eigenvalue weighted by Crippen LogP contribution is -2.43. The Bertz CT molecular complexity index is 3300. The summed E-state index contributed by atoms with van der Waals surface area (Å²) < 4.78 is 28.2. The third-order valence-corrected chi connectivity index (χ3v) is 25.4. The third-order valence-electron chi connectivity index (χ3n) is 14.8. The van der Waals surface area contributed by atoms with Gasteiger partial charge >= 0.3 is 0 Å². The van der Waals surface area contributed by atoms with Gasteiger partial charge in [0.15, 0.2) is 16.6 Å². The minimum Gasteiger partial charge on any atom is -0.487 e. The summed E-state index contributed by atoms with van der Waals surface area (Å²) in [7, 11) is -4.08. The van der Waals surface area contributed by atoms with Crippen molar-refractivity contribution in [1.29, 1.82) is 0 Å². The molecule has 6 aromatic carbocycles. The molecule has 0 aliphatic rings. The van der Waals surface area contributed by atoms with Crippen molar-refractivity contribution in [2.24, 2.45) is 5.73 Å². The second-order valence-corrected chi connectivity index (χ2v) is 34.7. The predicted octanol–water partition coefficient (Wildman–Crippen LogP) is 17.2. The van der Waals surface area contributed by atoms with Gasteiger partial charge in [-0.25, -0.2) is 0 Å². The molecule has 430 valence electrons. The lowest BCUT2D eigenvalue weighted by atomic mass is 10.0. The van der Waals surface area contributed by atoms with E-state index in [9.17, 15) is 9.59 Å². The molecule has 0 saturated carbocycles. The third kappa shape index (κ3) is 19.1. The standard InChI is InChI=1S/C32H39BrN2O3Si.C24H30BrNO3Si.C8H10BrN.CH4.H2/c1-32(2,3)39(4,5)38-29(21-34-20-19-23-11-13-25(33)14-12-23)26-15-17-28(31-27(26)16-18-30(36)35-31)37-22-24-9-7-6-8-10-24;1-24(2,3)30(4,5)29-21(15-25)18-11-13-20(23-19(18)12-14-22(27)26-23)28-16-17-9-7-6-8-10-17;9-8-3-1-7(2-4-8)5-6-10;;/h6-18,29,34H,19-22H2,1-5H3,(H,35,36);6-14,21H,15-16H2,1-5H3,(H,26,27);1-4H,5-6,10H2;1H4;1H/t29-;21-;;;/m11.../s1. The van der Waals surface area contributed by atoms with Gasteiger partial charge in [-0.05, 0) is 144 Å². The first-order valence-corrected chi connectivity index (χ1v) is 35.5. The van der Waals surface area contributed by atoms with E-state index in [0.717, 1.165) is 67.9 Å². The maximum absolute atomic E-state index is 12.4. The molecule has 10 nitrogen and oxygen atoms in total. The summed E-state index contributed by atoms with van der Waals surface area (Å²) in [6, 6.07) is 51.6. The molecule has 0 unspecified atom stereocenters. The number of aromatic amines is 2. The van der Waals surface area contributed by atoms with Crippen LogP contribution in [-0.4, -0.2) is 51.6 Å². The Balaban J connectivity index is 0.000000297. The summed E-state index contributed by atoms with van der Waals surface area (Å²) in [6.45, 7) is 25.6. The molecule has 0 amide bonds. The molecule has 80 heavy (non-hydrogen) atoms. The normalized spacial score (nSPS) is 12.6. The van der Waals surface area contributed by atoms with Crippen molar-refractivity contribution in [1.82, 2.24) is 15.3 Å². The fraction of sp³-hybridized carbons (Fsp3) is 0.354. The lowest BCUT2D eigenvalue weighted by molar-refractivity contribution is 0.182. The Morgan fingerprint density at radius 1 is 0.537 bits per heavy atom. The molecule has 2 heterocycles. The number of hydrogen-bond acceptors (Lipinski definition) is 8. The van der Waals surface area contributed by atoms with Crippen LogP contribution in [0.1, 0.15) is 96.0 Å². The Morgan fingerprint density at radius 3 is 1.34 bits per heavy atom. The minimum absolute atomic E-state index is 0. The van der Waals surface area contributed by atoms with Crippen LogP contribution in [0.15, 0.2) is 176 Å². The van der Waals surface area contributed by atoms with Crippen LogP contribution in [0.3, 0.4) is 0 Å². The monoisotopic (exact) mass is 1310 g/mol. The fourth-order valence-corrected chi connectivity index (χ4v) is 12.0. The molecule has 0 bridgehead atoms. The molecule has 2 atom stereocenters. The lowest BCUT2D eigenvalue weighted by Gasteiger charge is -2.39. The van der Waals surface area contributed by atoms with Crippen molar-refractivity contribution in [3.8, 4) is 11.5 Å². The summed E-state index contributed by atoms with van der Waals surface area (Å²) in [6.07, 6.45) is 1.61. The van der Waals surface area contributed by atoms with Crippen LogP contribution >= 0.6 is 47.8 Å². The molecule has 0 fully saturated rings. The van der Waals surface area contributed by atoms with E-state index < -0.39 is 16.6 Å². The number of pyridine rings is 2. The van der Waals surface area contributed by atoms with Crippen molar-refractivity contribution in [3.05, 3.63) is 221 Å². The molecule has 5 N–H and O–H groups in total. The highest BCUT2D eigenvalue weighted by molar-refractivity contribution is 9.10. The summed E-state index contributed by atoms with van der Waals surface area (Å²) in [5.74, 6) is 1.32. The van der Waals surface area contributed by atoms with E-state index in [1.165, 1.54) is 11.1 Å². The van der Waals surface area contributed by atoms with Gasteiger partial charge in [-0.3, -0.25) is 9.59 Å². The second-order valence-electron chi connectivity index (χ2n) is 22.7. The van der Waals surface area contributed by atoms with Crippen LogP contribution in [0.2, 0.25) is 36.3 Å². The minimum atomic E-state index is -2.10. The maximum atomic E-state index is 12.4. The van der Waals surface area contributed by atoms with E-state index in [2.05, 4.69) is 179 Å². The summed E-state index contributed by atoms with van der Waals surface area (Å²) in [4.78, 5) is 30.4. The van der Waals surface area contributed by atoms with Gasteiger partial charge in [-0.2, -0.15) is 0 Å². The van der Waals surface area contributed by atoms with Gasteiger partial charge in [0.2, 0.25) is 11.1 Å². The second kappa shape index (κ2) is 30.4. The maximum Gasteiger partial charge on any atom is 0.248 e. The number of aromatic nitrogens is 2. The highest BCUT2D eigenvalue weighted by atomic mass is 79.9. The zero-order valence-electron chi connectivity index (χ0n) is 47.5. The van der Waals surface area contributed by atoms with Crippen LogP contribution in [0.4, 0.5) is 0 Å². The quantitative estimate of drug-likeness (QED) is 0.0336. The van der Waals surface area contributed by atoms with E-state index in [1.807, 2.05) is 97.1 Å². The number of rotatable bonds is 20. The topological polar surface area (TPSA) is 141 Å². The molecule has 0 saturated heterocycles. The number of H-pyrrole nitrogens is 2. The SMILES string of the molecule is C.CC(C)(C)[Si](C)(C)O[C@H](CBr)c1ccc(OCc2ccccc2)c2[nH]c(=O)ccc12.CC(C)(C)[Si](C)(C)O[C@H](CNCCc1ccc(Br)cc1)c1ccc(OCc2ccccc2)c2[nH]c(=O)ccc12.NCCc1ccc(Br)cc1.[HH]. The number of ether oxygens (including phenoxy) is 2. The highest BCUT2D eigenvalue weighted by Gasteiger charge is 2.41. The van der Waals surface area contributed by atoms with Gasteiger partial charge in [-0.1, -0.05) is 194 Å². The van der Waals surface area contributed by atoms with Crippen molar-refractivity contribution in [2.75, 3.05) is 25.0 Å². The van der Waals surface area contributed by atoms with Crippen LogP contribution in [0.25, 0.3) is 21.8 Å². The number of alkyl halides is 1. The summed E-state index contributed by atoms with van der Waals surface area (Å²) in [5.41, 5.74) is 13.3. The van der Waals surface area contributed by atoms with Gasteiger partial charge in [0.25, 0.3) is 0 Å². The van der Waals surface area contributed by atoms with E-state index in [1.54, 1.807) is 12.1 Å². The van der Waals surface area contributed by atoms with Gasteiger partial charge in [0.05, 0.1) is 23.2 Å². The Hall–Kier alpha value is -4.95. The molecular formula is C65H85Br3N4O6Si2. The van der Waals surface area contributed by atoms with Crippen LogP contribution in [0.5, 0.6) is 11.5 Å². The average Bonchev–Trinajstić information content (AvgIpc) is 3.41. The smallest absolute Gasteiger partial charge is 0.248 e. The van der Waals surface area contributed by atoms with Gasteiger partial charge in [0.1, 0.15) is 24.7 Å². The number of halogens is 3. The predicted molar refractivity (Wildman–Crippen MR) is 353 cm³/mol. The van der Waals surface area contributed by atoms with Crippen LogP contribution < -0.4 is 31.6 Å². The molecule has 0 radical (unpaired) electrons. The van der Waals surface area contributed by atoms with Gasteiger partial charge in [0, 0.05) is 45.2 Å². The molecule has 0 aliphatic heterocycles. The molecule has 2 aromatic heterocycles. The largest absolute Gasteiger partial charge is 0.487 e. The van der Waals surface area contributed by atoms with Crippen molar-refractivity contribution in [2.45, 2.75) is 123 Å². The fourth-order valence-electron chi connectivity index (χ4n) is 8.16. The average molecular weight is 1310 g/mol. The first-order valence-electron chi connectivity index (χ1n) is 26.9. The number of nitrogens with two attached hydrogens (primary N) is 1. The van der Waals surface area contributed by atoms with Gasteiger partial charge in [-0.15, -0.1) is 0 Å². The van der Waals surface area contributed by atoms with E-state index in [0.29, 0.717) is 47.6 Å². The van der Waals surface area contributed by atoms with Crippen LogP contribution in [0, 0.1) is 0 Å². The zero-order valence-corrected chi connectivity index (χ0v) is 54.2. The van der Waals surface area contributed by atoms with Crippen molar-refractivity contribution < 1.29 is 19.8 Å². The molecular weight excluding hydrogens is 1230 g/mol. The molecule has 8 aromatic rings. The van der Waals surface area contributed by atoms with E-state index >= 15 is 0 Å². The van der Waals surface area contributed by atoms with Crippen molar-refractivity contribution >= 4 is 86.2 Å². The molecule has 0 spiro atoms. The van der Waals surface area contributed by atoms with Crippen LogP contribution in [-0.2, 0) is 34.9 Å². The summed E-state index contributed by atoms with van der Waals surface area (Å²) >= 11 is 10.5. The molecule has 8 rings (SSSR count). The number of nitrogens with one attached hydrogen (secondary N) is 3. The number of benzene rings is 6. The Morgan fingerprint density at radius 2 is 0.938 bits per heavy atom. The Kier molecular flexibility index (Phi) is 25.0. The number of fused-ring (bicyclic) bond motifs is 2.